The van der Waals surface area contributed by atoms with Gasteiger partial charge in [0.05, 0.1) is 19.3 Å². The number of hydrogen-bond donors (Lipinski definition) is 1. The first-order valence-corrected chi connectivity index (χ1v) is 9.83. The number of likely N-dealkylation sites (N-methyl/N-ethyl adjacent to an activating group) is 1. The van der Waals surface area contributed by atoms with Crippen LogP contribution in [0.3, 0.4) is 0 Å². The zero-order chi connectivity index (χ0) is 19.0. The third-order valence-corrected chi connectivity index (χ3v) is 5.97. The van der Waals surface area contributed by atoms with Crippen molar-refractivity contribution in [3.05, 3.63) is 47.4 Å². The van der Waals surface area contributed by atoms with E-state index in [0.717, 1.165) is 19.4 Å². The average molecular weight is 368 g/mol. The lowest BCUT2D eigenvalue weighted by atomic mass is 9.72. The summed E-state index contributed by atoms with van der Waals surface area (Å²) >= 11 is 0. The van der Waals surface area contributed by atoms with E-state index in [-0.39, 0.29) is 5.97 Å². The van der Waals surface area contributed by atoms with E-state index in [1.54, 1.807) is 6.92 Å². The number of carbonyl (C=O) groups excluding carboxylic acids is 1. The third-order valence-electron chi connectivity index (χ3n) is 5.97. The monoisotopic (exact) mass is 368 g/mol. The Kier molecular flexibility index (Phi) is 4.96. The molecule has 0 saturated carbocycles. The standard InChI is InChI=1S/C22H28N2O3/c1-4-26-21(25)8-14(2)27-13-15-9-18-17-6-5-7-19-22(17)16(11-23-19)10-20(18)24(3)12-15/h5-8,11,15,18,20,23H,4,9-10,12-13H2,1-3H3/t15?,18?,20-/m1/s1. The summed E-state index contributed by atoms with van der Waals surface area (Å²) in [7, 11) is 2.23. The summed E-state index contributed by atoms with van der Waals surface area (Å²) in [4.78, 5) is 17.5. The second-order valence-electron chi connectivity index (χ2n) is 7.82. The highest BCUT2D eigenvalue weighted by molar-refractivity contribution is 5.88. The maximum atomic E-state index is 11.6. The van der Waals surface area contributed by atoms with E-state index in [1.807, 2.05) is 6.92 Å². The lowest BCUT2D eigenvalue weighted by Gasteiger charge is -2.45. The molecule has 1 fully saturated rings. The molecule has 4 rings (SSSR count). The van der Waals surface area contributed by atoms with Gasteiger partial charge in [-0.15, -0.1) is 0 Å². The minimum Gasteiger partial charge on any atom is -0.498 e. The number of aromatic nitrogens is 1. The summed E-state index contributed by atoms with van der Waals surface area (Å²) in [6.07, 6.45) is 5.84. The van der Waals surface area contributed by atoms with E-state index in [0.29, 0.717) is 36.9 Å². The van der Waals surface area contributed by atoms with E-state index in [4.69, 9.17) is 9.47 Å². The van der Waals surface area contributed by atoms with Crippen molar-refractivity contribution < 1.29 is 14.3 Å². The summed E-state index contributed by atoms with van der Waals surface area (Å²) in [6, 6.07) is 7.16. The molecule has 1 N–H and O–H groups in total. The SMILES string of the molecule is CCOC(=O)C=C(C)OCC1CC2c3cccc4[nH]cc(c34)C[C@H]2N(C)C1. The molecule has 2 aromatic rings. The van der Waals surface area contributed by atoms with Gasteiger partial charge in [-0.1, -0.05) is 12.1 Å². The number of piperidine rings is 1. The Balaban J connectivity index is 1.48. The van der Waals surface area contributed by atoms with Gasteiger partial charge in [0.15, 0.2) is 0 Å². The molecule has 2 aliphatic rings. The molecule has 1 aliphatic heterocycles. The number of nitrogens with zero attached hydrogens (tertiary/aromatic N) is 1. The highest BCUT2D eigenvalue weighted by Crippen LogP contribution is 2.44. The number of aromatic amines is 1. The number of likely N-dealkylation sites (tertiary alicyclic amines) is 1. The van der Waals surface area contributed by atoms with E-state index in [9.17, 15) is 4.79 Å². The molecule has 5 nitrogen and oxygen atoms in total. The normalized spacial score (nSPS) is 25.3. The van der Waals surface area contributed by atoms with Crippen LogP contribution in [0.2, 0.25) is 0 Å². The zero-order valence-electron chi connectivity index (χ0n) is 16.3. The molecule has 1 aliphatic carbocycles. The number of benzene rings is 1. The fourth-order valence-electron chi connectivity index (χ4n) is 4.82. The van der Waals surface area contributed by atoms with Gasteiger partial charge in [0.25, 0.3) is 0 Å². The highest BCUT2D eigenvalue weighted by Gasteiger charge is 2.39. The van der Waals surface area contributed by atoms with Crippen molar-refractivity contribution in [1.82, 2.24) is 9.88 Å². The van der Waals surface area contributed by atoms with Crippen molar-refractivity contribution in [2.45, 2.75) is 38.6 Å². The number of allylic oxidation sites excluding steroid dienone is 1. The number of nitrogens with one attached hydrogen (secondary N) is 1. The first kappa shape index (κ1) is 18.1. The number of ether oxygens (including phenoxy) is 2. The van der Waals surface area contributed by atoms with E-state index >= 15 is 0 Å². The van der Waals surface area contributed by atoms with Crippen LogP contribution in [0, 0.1) is 5.92 Å². The van der Waals surface area contributed by atoms with Crippen LogP contribution < -0.4 is 0 Å². The second-order valence-corrected chi connectivity index (χ2v) is 7.82. The number of hydrogen-bond acceptors (Lipinski definition) is 4. The molecule has 1 saturated heterocycles. The van der Waals surface area contributed by atoms with Gasteiger partial charge >= 0.3 is 5.97 Å². The predicted octanol–water partition coefficient (Wildman–Crippen LogP) is 3.61. The number of H-pyrrole nitrogens is 1. The van der Waals surface area contributed by atoms with Crippen molar-refractivity contribution in [3.63, 3.8) is 0 Å². The fraction of sp³-hybridized carbons (Fsp3) is 0.500. The molecule has 5 heteroatoms. The third kappa shape index (κ3) is 3.48. The topological polar surface area (TPSA) is 54.6 Å². The number of carbonyl (C=O) groups is 1. The summed E-state index contributed by atoms with van der Waals surface area (Å²) in [5.41, 5.74) is 4.15. The lowest BCUT2D eigenvalue weighted by Crippen LogP contribution is -2.48. The Morgan fingerprint density at radius 1 is 1.37 bits per heavy atom. The number of rotatable bonds is 5. The van der Waals surface area contributed by atoms with Gasteiger partial charge in [-0.25, -0.2) is 4.79 Å². The van der Waals surface area contributed by atoms with Gasteiger partial charge in [0.2, 0.25) is 0 Å². The summed E-state index contributed by atoms with van der Waals surface area (Å²) in [5, 5.41) is 1.42. The van der Waals surface area contributed by atoms with Gasteiger partial charge in [0, 0.05) is 41.5 Å². The summed E-state index contributed by atoms with van der Waals surface area (Å²) in [5.74, 6) is 1.25. The smallest absolute Gasteiger partial charge is 0.334 e. The Morgan fingerprint density at radius 2 is 2.22 bits per heavy atom. The molecule has 2 heterocycles. The Labute approximate surface area is 160 Å². The van der Waals surface area contributed by atoms with Crippen LogP contribution in [0.15, 0.2) is 36.2 Å². The van der Waals surface area contributed by atoms with Crippen LogP contribution in [0.25, 0.3) is 10.9 Å². The first-order chi connectivity index (χ1) is 13.1. The Morgan fingerprint density at radius 3 is 3.04 bits per heavy atom. The molecule has 1 aromatic heterocycles. The number of fused-ring (bicyclic) bond motifs is 2. The molecule has 2 unspecified atom stereocenters. The molecule has 0 bridgehead atoms. The van der Waals surface area contributed by atoms with E-state index < -0.39 is 0 Å². The lowest BCUT2D eigenvalue weighted by molar-refractivity contribution is -0.137. The molecule has 0 spiro atoms. The van der Waals surface area contributed by atoms with Crippen LogP contribution >= 0.6 is 0 Å². The minimum atomic E-state index is -0.338. The van der Waals surface area contributed by atoms with Gasteiger partial charge < -0.3 is 19.4 Å². The van der Waals surface area contributed by atoms with Crippen LogP contribution in [-0.4, -0.2) is 48.7 Å². The Bertz CT molecular complexity index is 870. The van der Waals surface area contributed by atoms with Gasteiger partial charge in [-0.05, 0) is 50.9 Å². The maximum Gasteiger partial charge on any atom is 0.334 e. The van der Waals surface area contributed by atoms with E-state index in [2.05, 4.69) is 41.3 Å². The fourth-order valence-corrected chi connectivity index (χ4v) is 4.82. The van der Waals surface area contributed by atoms with Gasteiger partial charge in [-0.3, -0.25) is 0 Å². The first-order valence-electron chi connectivity index (χ1n) is 9.83. The molecule has 144 valence electrons. The molecule has 3 atom stereocenters. The zero-order valence-corrected chi connectivity index (χ0v) is 16.3. The molecular formula is C22H28N2O3. The average Bonchev–Trinajstić information content (AvgIpc) is 3.06. The van der Waals surface area contributed by atoms with Crippen molar-refractivity contribution in [2.24, 2.45) is 5.92 Å². The highest BCUT2D eigenvalue weighted by atomic mass is 16.5. The predicted molar refractivity (Wildman–Crippen MR) is 106 cm³/mol. The maximum absolute atomic E-state index is 11.6. The molecule has 0 amide bonds. The molecule has 0 radical (unpaired) electrons. The van der Waals surface area contributed by atoms with Crippen molar-refractivity contribution in [2.75, 3.05) is 26.8 Å². The van der Waals surface area contributed by atoms with Crippen molar-refractivity contribution in [1.29, 1.82) is 0 Å². The van der Waals surface area contributed by atoms with Crippen molar-refractivity contribution in [3.8, 4) is 0 Å². The van der Waals surface area contributed by atoms with Crippen LogP contribution in [-0.2, 0) is 20.7 Å². The molecule has 1 aromatic carbocycles. The quantitative estimate of drug-likeness (QED) is 0.498. The van der Waals surface area contributed by atoms with Crippen LogP contribution in [0.4, 0.5) is 0 Å². The van der Waals surface area contributed by atoms with Crippen LogP contribution in [0.5, 0.6) is 0 Å². The van der Waals surface area contributed by atoms with Crippen molar-refractivity contribution >= 4 is 16.9 Å². The summed E-state index contributed by atoms with van der Waals surface area (Å²) in [6.45, 7) is 5.65. The molecular weight excluding hydrogens is 340 g/mol. The Hall–Kier alpha value is -2.27. The van der Waals surface area contributed by atoms with Gasteiger partial charge in [0.1, 0.15) is 5.76 Å². The largest absolute Gasteiger partial charge is 0.498 e. The summed E-state index contributed by atoms with van der Waals surface area (Å²) < 4.78 is 10.8. The second kappa shape index (κ2) is 7.39. The van der Waals surface area contributed by atoms with E-state index in [1.165, 1.54) is 28.1 Å². The number of esters is 1. The molecule has 27 heavy (non-hydrogen) atoms. The van der Waals surface area contributed by atoms with Gasteiger partial charge in [-0.2, -0.15) is 0 Å². The minimum absolute atomic E-state index is 0.338. The van der Waals surface area contributed by atoms with Crippen LogP contribution in [0.1, 0.15) is 37.3 Å².